The second-order valence-electron chi connectivity index (χ2n) is 7.77. The van der Waals surface area contributed by atoms with Crippen molar-refractivity contribution in [1.82, 2.24) is 10.2 Å². The Morgan fingerprint density at radius 1 is 0.970 bits per heavy atom. The number of rotatable bonds is 10. The lowest BCUT2D eigenvalue weighted by Crippen LogP contribution is -2.43. The summed E-state index contributed by atoms with van der Waals surface area (Å²) in [6.45, 7) is 1.58. The Bertz CT molecular complexity index is 1010. The molecule has 0 aliphatic heterocycles. The highest BCUT2D eigenvalue weighted by Gasteiger charge is 2.35. The zero-order valence-electron chi connectivity index (χ0n) is 19.3. The molecule has 0 spiro atoms. The maximum Gasteiger partial charge on any atom is 0.254 e. The van der Waals surface area contributed by atoms with E-state index in [2.05, 4.69) is 10.6 Å². The summed E-state index contributed by atoms with van der Waals surface area (Å²) in [5.41, 5.74) is 2.00. The van der Waals surface area contributed by atoms with E-state index in [1.807, 2.05) is 25.1 Å². The van der Waals surface area contributed by atoms with Crippen molar-refractivity contribution in [3.63, 3.8) is 0 Å². The third-order valence-corrected chi connectivity index (χ3v) is 5.22. The van der Waals surface area contributed by atoms with Crippen LogP contribution in [0.3, 0.4) is 0 Å². The third-order valence-electron chi connectivity index (χ3n) is 5.22. The predicted molar refractivity (Wildman–Crippen MR) is 123 cm³/mol. The van der Waals surface area contributed by atoms with E-state index < -0.39 is 5.91 Å². The van der Waals surface area contributed by atoms with Crippen molar-refractivity contribution in [3.8, 4) is 17.2 Å². The number of carbonyl (C=O) groups excluding carboxylic acids is 3. The third kappa shape index (κ3) is 6.15. The molecule has 0 atom stereocenters. The van der Waals surface area contributed by atoms with E-state index >= 15 is 0 Å². The van der Waals surface area contributed by atoms with Gasteiger partial charge in [0, 0.05) is 17.3 Å². The molecule has 2 aromatic carbocycles. The number of nitrogens with one attached hydrogen (secondary N) is 2. The fourth-order valence-corrected chi connectivity index (χ4v) is 3.44. The van der Waals surface area contributed by atoms with Crippen molar-refractivity contribution in [3.05, 3.63) is 47.5 Å². The van der Waals surface area contributed by atoms with E-state index in [1.54, 1.807) is 18.2 Å². The minimum Gasteiger partial charge on any atom is -0.493 e. The SMILES string of the molecule is COc1cc(C(=O)N(CC(=O)NCC(=O)Nc2cccc(C)c2)C2CC2)cc(OC)c1OC. The lowest BCUT2D eigenvalue weighted by molar-refractivity contribution is -0.124. The summed E-state index contributed by atoms with van der Waals surface area (Å²) >= 11 is 0. The summed E-state index contributed by atoms with van der Waals surface area (Å²) < 4.78 is 16.0. The Labute approximate surface area is 193 Å². The maximum atomic E-state index is 13.2. The number of hydrogen-bond donors (Lipinski definition) is 2. The maximum absolute atomic E-state index is 13.2. The largest absolute Gasteiger partial charge is 0.493 e. The summed E-state index contributed by atoms with van der Waals surface area (Å²) in [4.78, 5) is 39.4. The van der Waals surface area contributed by atoms with Gasteiger partial charge in [0.1, 0.15) is 6.54 Å². The molecule has 0 saturated heterocycles. The van der Waals surface area contributed by atoms with Crippen LogP contribution in [0.5, 0.6) is 17.2 Å². The van der Waals surface area contributed by atoms with Crippen molar-refractivity contribution < 1.29 is 28.6 Å². The normalized spacial score (nSPS) is 12.5. The summed E-state index contributed by atoms with van der Waals surface area (Å²) in [6.07, 6.45) is 1.63. The molecule has 1 aliphatic rings. The van der Waals surface area contributed by atoms with Crippen LogP contribution in [-0.4, -0.2) is 63.1 Å². The number of hydrogen-bond acceptors (Lipinski definition) is 6. The Balaban J connectivity index is 1.64. The number of ether oxygens (including phenoxy) is 3. The average molecular weight is 456 g/mol. The molecule has 0 aromatic heterocycles. The number of aryl methyl sites for hydroxylation is 1. The van der Waals surface area contributed by atoms with Gasteiger partial charge in [0.15, 0.2) is 11.5 Å². The first-order chi connectivity index (χ1) is 15.9. The molecule has 176 valence electrons. The van der Waals surface area contributed by atoms with Gasteiger partial charge in [-0.2, -0.15) is 0 Å². The number of amides is 3. The number of benzene rings is 2. The molecule has 3 amide bonds. The van der Waals surface area contributed by atoms with E-state index in [9.17, 15) is 14.4 Å². The smallest absolute Gasteiger partial charge is 0.254 e. The second-order valence-corrected chi connectivity index (χ2v) is 7.77. The minimum atomic E-state index is -0.415. The first-order valence-electron chi connectivity index (χ1n) is 10.6. The van der Waals surface area contributed by atoms with Gasteiger partial charge in [0.2, 0.25) is 17.6 Å². The number of anilines is 1. The highest BCUT2D eigenvalue weighted by Crippen LogP contribution is 2.39. The van der Waals surface area contributed by atoms with Gasteiger partial charge < -0.3 is 29.7 Å². The topological polar surface area (TPSA) is 106 Å². The number of carbonyl (C=O) groups is 3. The van der Waals surface area contributed by atoms with E-state index in [0.717, 1.165) is 18.4 Å². The first-order valence-corrected chi connectivity index (χ1v) is 10.6. The standard InChI is InChI=1S/C24H29N3O6/c1-15-6-5-7-17(10-15)26-21(28)13-25-22(29)14-27(18-8-9-18)24(30)16-11-19(31-2)23(33-4)20(12-16)32-3/h5-7,10-12,18H,8-9,13-14H2,1-4H3,(H,25,29)(H,26,28). The Kier molecular flexibility index (Phi) is 7.76. The zero-order chi connectivity index (χ0) is 24.0. The zero-order valence-corrected chi connectivity index (χ0v) is 19.3. The van der Waals surface area contributed by atoms with E-state index in [4.69, 9.17) is 14.2 Å². The van der Waals surface area contributed by atoms with Gasteiger partial charge in [-0.25, -0.2) is 0 Å². The molecule has 1 aliphatic carbocycles. The molecule has 3 rings (SSSR count). The van der Waals surface area contributed by atoms with Crippen molar-refractivity contribution in [1.29, 1.82) is 0 Å². The van der Waals surface area contributed by atoms with E-state index in [-0.39, 0.29) is 30.9 Å². The summed E-state index contributed by atoms with van der Waals surface area (Å²) in [7, 11) is 4.43. The molecule has 2 N–H and O–H groups in total. The molecule has 2 aromatic rings. The Morgan fingerprint density at radius 2 is 1.64 bits per heavy atom. The number of nitrogens with zero attached hydrogens (tertiary/aromatic N) is 1. The van der Waals surface area contributed by atoms with E-state index in [1.165, 1.54) is 26.2 Å². The van der Waals surface area contributed by atoms with Gasteiger partial charge >= 0.3 is 0 Å². The van der Waals surface area contributed by atoms with Crippen LogP contribution in [0.4, 0.5) is 5.69 Å². The molecular formula is C24H29N3O6. The van der Waals surface area contributed by atoms with Crippen molar-refractivity contribution in [2.24, 2.45) is 0 Å². The van der Waals surface area contributed by atoms with Gasteiger partial charge in [-0.15, -0.1) is 0 Å². The van der Waals surface area contributed by atoms with Crippen LogP contribution < -0.4 is 24.8 Å². The predicted octanol–water partition coefficient (Wildman–Crippen LogP) is 2.38. The molecule has 1 fully saturated rings. The molecule has 0 bridgehead atoms. The van der Waals surface area contributed by atoms with Gasteiger partial charge in [-0.1, -0.05) is 12.1 Å². The summed E-state index contributed by atoms with van der Waals surface area (Å²) in [5, 5.41) is 5.32. The quantitative estimate of drug-likeness (QED) is 0.570. The first kappa shape index (κ1) is 23.9. The Hall–Kier alpha value is -3.75. The van der Waals surface area contributed by atoms with Gasteiger partial charge in [-0.3, -0.25) is 14.4 Å². The highest BCUT2D eigenvalue weighted by atomic mass is 16.5. The molecule has 9 nitrogen and oxygen atoms in total. The molecule has 0 heterocycles. The van der Waals surface area contributed by atoms with Crippen LogP contribution in [0.2, 0.25) is 0 Å². The lowest BCUT2D eigenvalue weighted by atomic mass is 10.1. The van der Waals surface area contributed by atoms with Crippen LogP contribution in [0, 0.1) is 6.92 Å². The van der Waals surface area contributed by atoms with Gasteiger partial charge in [-0.05, 0) is 49.6 Å². The molecule has 9 heteroatoms. The van der Waals surface area contributed by atoms with Crippen molar-refractivity contribution in [2.45, 2.75) is 25.8 Å². The van der Waals surface area contributed by atoms with Crippen LogP contribution in [0.1, 0.15) is 28.8 Å². The van der Waals surface area contributed by atoms with Crippen LogP contribution in [0.25, 0.3) is 0 Å². The molecule has 0 radical (unpaired) electrons. The minimum absolute atomic E-state index is 0.0246. The van der Waals surface area contributed by atoms with E-state index in [0.29, 0.717) is 28.5 Å². The monoisotopic (exact) mass is 455 g/mol. The summed E-state index contributed by atoms with van der Waals surface area (Å²) in [6, 6.07) is 10.5. The van der Waals surface area contributed by atoms with Gasteiger partial charge in [0.25, 0.3) is 5.91 Å². The highest BCUT2D eigenvalue weighted by molar-refractivity contribution is 5.99. The lowest BCUT2D eigenvalue weighted by Gasteiger charge is -2.23. The molecule has 33 heavy (non-hydrogen) atoms. The van der Waals surface area contributed by atoms with Crippen molar-refractivity contribution in [2.75, 3.05) is 39.7 Å². The van der Waals surface area contributed by atoms with Crippen molar-refractivity contribution >= 4 is 23.4 Å². The molecule has 0 unspecified atom stereocenters. The molecular weight excluding hydrogens is 426 g/mol. The number of methoxy groups -OCH3 is 3. The van der Waals surface area contributed by atoms with Crippen LogP contribution in [0.15, 0.2) is 36.4 Å². The van der Waals surface area contributed by atoms with Gasteiger partial charge in [0.05, 0.1) is 27.9 Å². The summed E-state index contributed by atoms with van der Waals surface area (Å²) in [5.74, 6) is 0.00870. The molecule has 1 saturated carbocycles. The average Bonchev–Trinajstić information content (AvgIpc) is 3.65. The second kappa shape index (κ2) is 10.7. The Morgan fingerprint density at radius 3 is 2.18 bits per heavy atom. The van der Waals surface area contributed by atoms with Crippen LogP contribution >= 0.6 is 0 Å². The fourth-order valence-electron chi connectivity index (χ4n) is 3.44. The van der Waals surface area contributed by atoms with Crippen LogP contribution in [-0.2, 0) is 9.59 Å². The fraction of sp³-hybridized carbons (Fsp3) is 0.375.